The molecule has 0 aliphatic carbocycles. The van der Waals surface area contributed by atoms with Gasteiger partial charge in [0.15, 0.2) is 0 Å². The average Bonchev–Trinajstić information content (AvgIpc) is 2.62. The van der Waals surface area contributed by atoms with E-state index >= 15 is 0 Å². The van der Waals surface area contributed by atoms with Crippen LogP contribution in [0.4, 0.5) is 0 Å². The van der Waals surface area contributed by atoms with E-state index in [-0.39, 0.29) is 11.4 Å². The van der Waals surface area contributed by atoms with E-state index in [1.54, 1.807) is 42.6 Å². The Kier molecular flexibility index (Phi) is 3.98. The van der Waals surface area contributed by atoms with Crippen LogP contribution < -0.4 is 0 Å². The molecule has 0 saturated heterocycles. The predicted molar refractivity (Wildman–Crippen MR) is 84.6 cm³/mol. The molecule has 3 aromatic rings. The van der Waals surface area contributed by atoms with Crippen molar-refractivity contribution in [1.29, 1.82) is 0 Å². The van der Waals surface area contributed by atoms with Gasteiger partial charge in [0.1, 0.15) is 11.4 Å². The summed E-state index contributed by atoms with van der Waals surface area (Å²) in [6.45, 7) is 0. The van der Waals surface area contributed by atoms with E-state index in [0.29, 0.717) is 22.6 Å². The lowest BCUT2D eigenvalue weighted by Crippen LogP contribution is -2.05. The summed E-state index contributed by atoms with van der Waals surface area (Å²) in [5, 5.41) is 18.2. The Bertz CT molecular complexity index is 926. The Morgan fingerprint density at radius 3 is 2.12 bits per heavy atom. The second-order valence-corrected chi connectivity index (χ2v) is 4.83. The molecule has 0 saturated carbocycles. The monoisotopic (exact) mass is 321 g/mol. The van der Waals surface area contributed by atoms with Gasteiger partial charge in [-0.05, 0) is 36.4 Å². The molecule has 3 heterocycles. The standard InChI is InChI=1S/C17H11N3O4/c21-16(22)13-6-3-5-11(19-13)10-7-8-14(17(23)24)20-15(10)12-4-1-2-9-18-12/h1-9H,(H,21,22)(H,23,24). The fraction of sp³-hybridized carbons (Fsp3) is 0. The Morgan fingerprint density at radius 2 is 1.46 bits per heavy atom. The van der Waals surface area contributed by atoms with Crippen LogP contribution in [0.15, 0.2) is 54.7 Å². The molecule has 3 aromatic heterocycles. The molecule has 2 N–H and O–H groups in total. The van der Waals surface area contributed by atoms with Crippen molar-refractivity contribution in [3.63, 3.8) is 0 Å². The molecule has 0 fully saturated rings. The highest BCUT2D eigenvalue weighted by Gasteiger charge is 2.16. The van der Waals surface area contributed by atoms with Gasteiger partial charge in [-0.15, -0.1) is 0 Å². The van der Waals surface area contributed by atoms with Gasteiger partial charge in [0.25, 0.3) is 0 Å². The quantitative estimate of drug-likeness (QED) is 0.759. The van der Waals surface area contributed by atoms with Crippen molar-refractivity contribution in [3.05, 3.63) is 66.1 Å². The number of aromatic carboxylic acids is 2. The summed E-state index contributed by atoms with van der Waals surface area (Å²) in [5.74, 6) is -2.31. The van der Waals surface area contributed by atoms with E-state index in [9.17, 15) is 9.59 Å². The smallest absolute Gasteiger partial charge is 0.354 e. The molecular formula is C17H11N3O4. The van der Waals surface area contributed by atoms with Crippen molar-refractivity contribution in [2.75, 3.05) is 0 Å². The van der Waals surface area contributed by atoms with Gasteiger partial charge in [0.2, 0.25) is 0 Å². The van der Waals surface area contributed by atoms with Crippen LogP contribution in [-0.4, -0.2) is 37.1 Å². The van der Waals surface area contributed by atoms with Crippen LogP contribution in [0.2, 0.25) is 0 Å². The SMILES string of the molecule is O=C(O)c1cccc(-c2ccc(C(=O)O)nc2-c2ccccn2)n1. The molecule has 0 amide bonds. The maximum Gasteiger partial charge on any atom is 0.354 e. The number of nitrogens with zero attached hydrogens (tertiary/aromatic N) is 3. The highest BCUT2D eigenvalue weighted by molar-refractivity contribution is 5.89. The molecule has 24 heavy (non-hydrogen) atoms. The number of pyridine rings is 3. The second kappa shape index (κ2) is 6.25. The second-order valence-electron chi connectivity index (χ2n) is 4.83. The van der Waals surface area contributed by atoms with E-state index in [4.69, 9.17) is 10.2 Å². The third kappa shape index (κ3) is 2.95. The summed E-state index contributed by atoms with van der Waals surface area (Å²) < 4.78 is 0. The lowest BCUT2D eigenvalue weighted by molar-refractivity contribution is 0.0680. The summed E-state index contributed by atoms with van der Waals surface area (Å²) in [7, 11) is 0. The molecule has 0 spiro atoms. The van der Waals surface area contributed by atoms with Gasteiger partial charge in [0, 0.05) is 11.8 Å². The molecule has 0 atom stereocenters. The van der Waals surface area contributed by atoms with Crippen molar-refractivity contribution >= 4 is 11.9 Å². The third-order valence-electron chi connectivity index (χ3n) is 3.27. The first kappa shape index (κ1) is 15.3. The molecular weight excluding hydrogens is 310 g/mol. The number of carboxylic acids is 2. The summed E-state index contributed by atoms with van der Waals surface area (Å²) in [5.41, 5.74) is 1.43. The van der Waals surface area contributed by atoms with Gasteiger partial charge in [-0.1, -0.05) is 12.1 Å². The zero-order chi connectivity index (χ0) is 17.1. The Hall–Kier alpha value is -3.61. The topological polar surface area (TPSA) is 113 Å². The third-order valence-corrected chi connectivity index (χ3v) is 3.27. The summed E-state index contributed by atoms with van der Waals surface area (Å²) in [4.78, 5) is 34.7. The molecule has 7 nitrogen and oxygen atoms in total. The van der Waals surface area contributed by atoms with Crippen LogP contribution in [0.5, 0.6) is 0 Å². The number of hydrogen-bond acceptors (Lipinski definition) is 5. The van der Waals surface area contributed by atoms with E-state index in [1.807, 2.05) is 0 Å². The minimum Gasteiger partial charge on any atom is -0.477 e. The van der Waals surface area contributed by atoms with Gasteiger partial charge >= 0.3 is 11.9 Å². The Labute approximate surface area is 136 Å². The molecule has 3 rings (SSSR count). The van der Waals surface area contributed by atoms with Crippen LogP contribution in [0.1, 0.15) is 21.0 Å². The van der Waals surface area contributed by atoms with Crippen LogP contribution in [0.25, 0.3) is 22.6 Å². The van der Waals surface area contributed by atoms with Crippen LogP contribution in [0.3, 0.4) is 0 Å². The van der Waals surface area contributed by atoms with Gasteiger partial charge in [-0.3, -0.25) is 4.98 Å². The normalized spacial score (nSPS) is 10.3. The van der Waals surface area contributed by atoms with Crippen molar-refractivity contribution in [3.8, 4) is 22.6 Å². The molecule has 0 aromatic carbocycles. The first-order valence-electron chi connectivity index (χ1n) is 6.93. The van der Waals surface area contributed by atoms with Crippen LogP contribution >= 0.6 is 0 Å². The summed E-state index contributed by atoms with van der Waals surface area (Å²) in [6.07, 6.45) is 1.56. The molecule has 0 aliphatic heterocycles. The van der Waals surface area contributed by atoms with Crippen LogP contribution in [-0.2, 0) is 0 Å². The van der Waals surface area contributed by atoms with E-state index in [1.165, 1.54) is 12.1 Å². The summed E-state index contributed by atoms with van der Waals surface area (Å²) in [6, 6.07) is 12.7. The number of carboxylic acid groups (broad SMARTS) is 2. The molecule has 0 aliphatic rings. The van der Waals surface area contributed by atoms with E-state index < -0.39 is 11.9 Å². The largest absolute Gasteiger partial charge is 0.477 e. The Morgan fingerprint density at radius 1 is 0.750 bits per heavy atom. The van der Waals surface area contributed by atoms with Gasteiger partial charge < -0.3 is 10.2 Å². The Balaban J connectivity index is 2.22. The maximum atomic E-state index is 11.2. The average molecular weight is 321 g/mol. The molecule has 7 heteroatoms. The lowest BCUT2D eigenvalue weighted by Gasteiger charge is -2.09. The van der Waals surface area contributed by atoms with E-state index in [0.717, 1.165) is 0 Å². The highest BCUT2D eigenvalue weighted by Crippen LogP contribution is 2.28. The number of carbonyl (C=O) groups is 2. The van der Waals surface area contributed by atoms with Gasteiger partial charge in [-0.2, -0.15) is 0 Å². The van der Waals surface area contributed by atoms with E-state index in [2.05, 4.69) is 15.0 Å². The zero-order valence-electron chi connectivity index (χ0n) is 12.2. The van der Waals surface area contributed by atoms with Gasteiger partial charge in [-0.25, -0.2) is 19.6 Å². The molecule has 0 bridgehead atoms. The van der Waals surface area contributed by atoms with Gasteiger partial charge in [0.05, 0.1) is 17.1 Å². The predicted octanol–water partition coefficient (Wildman–Crippen LogP) is 2.60. The van der Waals surface area contributed by atoms with Crippen molar-refractivity contribution in [1.82, 2.24) is 15.0 Å². The highest BCUT2D eigenvalue weighted by atomic mass is 16.4. The fourth-order valence-electron chi connectivity index (χ4n) is 2.19. The lowest BCUT2D eigenvalue weighted by atomic mass is 10.1. The number of rotatable bonds is 4. The van der Waals surface area contributed by atoms with Crippen LogP contribution in [0, 0.1) is 0 Å². The first-order valence-corrected chi connectivity index (χ1v) is 6.93. The molecule has 0 unspecified atom stereocenters. The minimum absolute atomic E-state index is 0.109. The number of aromatic nitrogens is 3. The first-order chi connectivity index (χ1) is 11.6. The molecule has 118 valence electrons. The molecule has 0 radical (unpaired) electrons. The van der Waals surface area contributed by atoms with Crippen molar-refractivity contribution < 1.29 is 19.8 Å². The van der Waals surface area contributed by atoms with Crippen molar-refractivity contribution in [2.24, 2.45) is 0 Å². The fourth-order valence-corrected chi connectivity index (χ4v) is 2.19. The number of hydrogen-bond donors (Lipinski definition) is 2. The zero-order valence-corrected chi connectivity index (χ0v) is 12.2. The summed E-state index contributed by atoms with van der Waals surface area (Å²) >= 11 is 0. The maximum absolute atomic E-state index is 11.2. The minimum atomic E-state index is -1.16. The van der Waals surface area contributed by atoms with Crippen molar-refractivity contribution in [2.45, 2.75) is 0 Å².